The normalized spacial score (nSPS) is 10.4. The van der Waals surface area contributed by atoms with Gasteiger partial charge in [0, 0.05) is 13.1 Å². The molecule has 0 amide bonds. The van der Waals surface area contributed by atoms with Crippen molar-refractivity contribution in [2.24, 2.45) is 7.05 Å². The molecule has 1 heterocycles. The first-order chi connectivity index (χ1) is 7.65. The third-order valence-electron chi connectivity index (χ3n) is 2.00. The Morgan fingerprint density at radius 1 is 1.50 bits per heavy atom. The van der Waals surface area contributed by atoms with Crippen LogP contribution in [0.2, 0.25) is 0 Å². The Kier molecular flexibility index (Phi) is 2.72. The van der Waals surface area contributed by atoms with E-state index in [1.54, 1.807) is 17.9 Å². The van der Waals surface area contributed by atoms with Gasteiger partial charge in [0.2, 0.25) is 0 Å². The largest absolute Gasteiger partial charge is 0.485 e. The summed E-state index contributed by atoms with van der Waals surface area (Å²) in [4.78, 5) is 0. The predicted octanol–water partition coefficient (Wildman–Crippen LogP) is 1.12. The number of aryl methyl sites for hydroxylation is 1. The van der Waals surface area contributed by atoms with Gasteiger partial charge in [0.15, 0.2) is 0 Å². The van der Waals surface area contributed by atoms with Crippen LogP contribution in [0.25, 0.3) is 0 Å². The predicted molar refractivity (Wildman–Crippen MR) is 56.1 cm³/mol. The average Bonchev–Trinajstić information content (AvgIpc) is 2.66. The van der Waals surface area contributed by atoms with Crippen molar-refractivity contribution in [2.75, 3.05) is 5.73 Å². The molecule has 0 unspecified atom stereocenters. The van der Waals surface area contributed by atoms with Crippen LogP contribution in [-0.2, 0) is 13.7 Å². The van der Waals surface area contributed by atoms with Crippen molar-refractivity contribution >= 4 is 5.69 Å². The Balaban J connectivity index is 2.07. The van der Waals surface area contributed by atoms with Crippen molar-refractivity contribution < 1.29 is 9.13 Å². The van der Waals surface area contributed by atoms with Gasteiger partial charge in [-0.3, -0.25) is 4.68 Å². The Labute approximate surface area is 91.6 Å². The number of benzene rings is 1. The molecule has 5 nitrogen and oxygen atoms in total. The van der Waals surface area contributed by atoms with Crippen LogP contribution in [0.1, 0.15) is 5.69 Å². The van der Waals surface area contributed by atoms with Crippen LogP contribution in [0.4, 0.5) is 10.1 Å². The van der Waals surface area contributed by atoms with E-state index in [0.29, 0.717) is 17.1 Å². The minimum absolute atomic E-state index is 0.210. The molecule has 0 aliphatic carbocycles. The number of hydrogen-bond acceptors (Lipinski definition) is 4. The molecular weight excluding hydrogens is 211 g/mol. The van der Waals surface area contributed by atoms with Crippen molar-refractivity contribution in [1.29, 1.82) is 0 Å². The van der Waals surface area contributed by atoms with Crippen molar-refractivity contribution in [3.05, 3.63) is 35.9 Å². The zero-order valence-corrected chi connectivity index (χ0v) is 8.72. The molecule has 2 aromatic rings. The molecular formula is C10H11FN4O. The monoisotopic (exact) mass is 222 g/mol. The summed E-state index contributed by atoms with van der Waals surface area (Å²) in [5, 5.41) is 7.59. The van der Waals surface area contributed by atoms with Gasteiger partial charge in [-0.2, -0.15) is 0 Å². The highest BCUT2D eigenvalue weighted by atomic mass is 19.1. The lowest BCUT2D eigenvalue weighted by Gasteiger charge is -2.06. The zero-order valence-electron chi connectivity index (χ0n) is 8.72. The highest BCUT2D eigenvalue weighted by Crippen LogP contribution is 2.22. The molecule has 2 N–H and O–H groups in total. The fourth-order valence-corrected chi connectivity index (χ4v) is 1.25. The number of nitrogens with two attached hydrogens (primary N) is 1. The summed E-state index contributed by atoms with van der Waals surface area (Å²) >= 11 is 0. The van der Waals surface area contributed by atoms with Crippen LogP contribution in [-0.4, -0.2) is 15.0 Å². The molecule has 0 radical (unpaired) electrons. The fraction of sp³-hybridized carbons (Fsp3) is 0.200. The molecule has 0 bridgehead atoms. The topological polar surface area (TPSA) is 66.0 Å². The van der Waals surface area contributed by atoms with Gasteiger partial charge >= 0.3 is 0 Å². The van der Waals surface area contributed by atoms with Gasteiger partial charge in [0.25, 0.3) is 0 Å². The maximum atomic E-state index is 12.9. The van der Waals surface area contributed by atoms with Gasteiger partial charge < -0.3 is 10.5 Å². The SMILES string of the molecule is Cn1cc(COc2cc(F)ccc2N)nn1. The van der Waals surface area contributed by atoms with Crippen LogP contribution in [0, 0.1) is 5.82 Å². The van der Waals surface area contributed by atoms with Gasteiger partial charge in [0.1, 0.15) is 23.9 Å². The summed E-state index contributed by atoms with van der Waals surface area (Å²) in [7, 11) is 1.76. The van der Waals surface area contributed by atoms with Crippen molar-refractivity contribution in [3.63, 3.8) is 0 Å². The van der Waals surface area contributed by atoms with Crippen molar-refractivity contribution in [3.8, 4) is 5.75 Å². The van der Waals surface area contributed by atoms with Crippen molar-refractivity contribution in [2.45, 2.75) is 6.61 Å². The van der Waals surface area contributed by atoms with E-state index < -0.39 is 0 Å². The van der Waals surface area contributed by atoms with E-state index in [9.17, 15) is 4.39 Å². The van der Waals surface area contributed by atoms with Crippen LogP contribution in [0.3, 0.4) is 0 Å². The van der Waals surface area contributed by atoms with E-state index in [1.165, 1.54) is 18.2 Å². The average molecular weight is 222 g/mol. The minimum atomic E-state index is -0.386. The van der Waals surface area contributed by atoms with Crippen LogP contribution >= 0.6 is 0 Å². The Bertz CT molecular complexity index is 497. The summed E-state index contributed by atoms with van der Waals surface area (Å²) in [6.45, 7) is 0.210. The lowest BCUT2D eigenvalue weighted by Crippen LogP contribution is -1.99. The van der Waals surface area contributed by atoms with Crippen molar-refractivity contribution in [1.82, 2.24) is 15.0 Å². The van der Waals surface area contributed by atoms with Gasteiger partial charge in [-0.15, -0.1) is 5.10 Å². The molecule has 0 atom stereocenters. The van der Waals surface area contributed by atoms with E-state index >= 15 is 0 Å². The van der Waals surface area contributed by atoms with Gasteiger partial charge in [-0.1, -0.05) is 5.21 Å². The third-order valence-corrected chi connectivity index (χ3v) is 2.00. The summed E-state index contributed by atoms with van der Waals surface area (Å²) in [6, 6.07) is 3.98. The number of ether oxygens (including phenoxy) is 1. The Morgan fingerprint density at radius 2 is 2.31 bits per heavy atom. The van der Waals surface area contributed by atoms with E-state index in [1.807, 2.05) is 0 Å². The second-order valence-corrected chi connectivity index (χ2v) is 3.35. The number of aromatic nitrogens is 3. The molecule has 84 valence electrons. The van der Waals surface area contributed by atoms with Gasteiger partial charge in [-0.05, 0) is 12.1 Å². The number of halogens is 1. The first-order valence-electron chi connectivity index (χ1n) is 4.68. The van der Waals surface area contributed by atoms with Crippen LogP contribution in [0.15, 0.2) is 24.4 Å². The number of hydrogen-bond donors (Lipinski definition) is 1. The minimum Gasteiger partial charge on any atom is -0.485 e. The van der Waals surface area contributed by atoms with Crippen LogP contribution < -0.4 is 10.5 Å². The lowest BCUT2D eigenvalue weighted by atomic mass is 10.3. The molecule has 0 fully saturated rings. The standard InChI is InChI=1S/C10H11FN4O/c1-15-5-8(13-14-15)6-16-10-4-7(11)2-3-9(10)12/h2-5H,6,12H2,1H3. The zero-order chi connectivity index (χ0) is 11.5. The van der Waals surface area contributed by atoms with E-state index in [-0.39, 0.29) is 12.4 Å². The number of rotatable bonds is 3. The highest BCUT2D eigenvalue weighted by molar-refractivity contribution is 5.52. The van der Waals surface area contributed by atoms with Crippen LogP contribution in [0.5, 0.6) is 5.75 Å². The summed E-state index contributed by atoms with van der Waals surface area (Å²) in [5.41, 5.74) is 6.68. The molecule has 0 saturated carbocycles. The molecule has 16 heavy (non-hydrogen) atoms. The number of nitrogen functional groups attached to an aromatic ring is 1. The molecule has 0 aliphatic heterocycles. The molecule has 0 aliphatic rings. The smallest absolute Gasteiger partial charge is 0.145 e. The molecule has 0 spiro atoms. The van der Waals surface area contributed by atoms with E-state index in [0.717, 1.165) is 0 Å². The maximum Gasteiger partial charge on any atom is 0.145 e. The van der Waals surface area contributed by atoms with Gasteiger partial charge in [-0.25, -0.2) is 4.39 Å². The Hall–Kier alpha value is -2.11. The number of nitrogens with zero attached hydrogens (tertiary/aromatic N) is 3. The molecule has 1 aromatic heterocycles. The van der Waals surface area contributed by atoms with E-state index in [4.69, 9.17) is 10.5 Å². The molecule has 2 rings (SSSR count). The quantitative estimate of drug-likeness (QED) is 0.790. The molecule has 6 heteroatoms. The second-order valence-electron chi connectivity index (χ2n) is 3.35. The molecule has 1 aromatic carbocycles. The summed E-state index contributed by atoms with van der Waals surface area (Å²) < 4.78 is 19.8. The first-order valence-corrected chi connectivity index (χ1v) is 4.68. The highest BCUT2D eigenvalue weighted by Gasteiger charge is 2.04. The van der Waals surface area contributed by atoms with Gasteiger partial charge in [0.05, 0.1) is 11.9 Å². The maximum absolute atomic E-state index is 12.9. The lowest BCUT2D eigenvalue weighted by molar-refractivity contribution is 0.301. The summed E-state index contributed by atoms with van der Waals surface area (Å²) in [5.74, 6) is -0.0750. The fourth-order valence-electron chi connectivity index (χ4n) is 1.25. The van der Waals surface area contributed by atoms with E-state index in [2.05, 4.69) is 10.3 Å². The Morgan fingerprint density at radius 3 is 3.00 bits per heavy atom. The summed E-state index contributed by atoms with van der Waals surface area (Å²) in [6.07, 6.45) is 1.72. The third kappa shape index (κ3) is 2.28. The first kappa shape index (κ1) is 10.4. The number of anilines is 1. The second kappa shape index (κ2) is 4.18. The molecule has 0 saturated heterocycles.